The number of aryl methyl sites for hydroxylation is 1. The first-order chi connectivity index (χ1) is 17.0. The summed E-state index contributed by atoms with van der Waals surface area (Å²) in [4.78, 5) is 6.68. The summed E-state index contributed by atoms with van der Waals surface area (Å²) in [7, 11) is 0. The van der Waals surface area contributed by atoms with Gasteiger partial charge in [-0.2, -0.15) is 0 Å². The van der Waals surface area contributed by atoms with Crippen LogP contribution >= 0.6 is 12.2 Å². The van der Waals surface area contributed by atoms with Gasteiger partial charge in [-0.1, -0.05) is 6.07 Å². The summed E-state index contributed by atoms with van der Waals surface area (Å²) < 4.78 is 27.0. The van der Waals surface area contributed by atoms with Gasteiger partial charge in [0.2, 0.25) is 6.79 Å². The Balaban J connectivity index is 1.50. The smallest absolute Gasteiger partial charge is 0.231 e. The maximum absolute atomic E-state index is 13.7. The molecule has 1 N–H and O–H groups in total. The molecule has 0 radical (unpaired) electrons. The minimum absolute atomic E-state index is 0.181. The Kier molecular flexibility index (Phi) is 5.18. The Bertz CT molecular complexity index is 1420. The Morgan fingerprint density at radius 2 is 1.74 bits per heavy atom. The van der Waals surface area contributed by atoms with Gasteiger partial charge in [0.05, 0.1) is 17.8 Å². The second-order valence-electron chi connectivity index (χ2n) is 8.67. The SMILES string of the molecule is Cc1cc([C@@H]2[C@H](c3ccccn3)NC(=S)N2c2ccc(F)cc2)c(C)n1-c1ccc2c(c1)OCO2. The second kappa shape index (κ2) is 8.39. The molecule has 0 spiro atoms. The molecule has 8 heteroatoms. The van der Waals surface area contributed by atoms with Crippen LogP contribution in [0.25, 0.3) is 5.69 Å². The summed E-state index contributed by atoms with van der Waals surface area (Å²) in [5.41, 5.74) is 5.95. The van der Waals surface area contributed by atoms with Crippen molar-refractivity contribution in [3.63, 3.8) is 0 Å². The highest BCUT2D eigenvalue weighted by molar-refractivity contribution is 7.80. The van der Waals surface area contributed by atoms with Crippen LogP contribution in [0.3, 0.4) is 0 Å². The van der Waals surface area contributed by atoms with E-state index in [1.807, 2.05) is 36.4 Å². The zero-order valence-corrected chi connectivity index (χ0v) is 20.1. The molecule has 2 aliphatic rings. The number of hydrogen-bond acceptors (Lipinski definition) is 4. The number of pyridine rings is 1. The molecule has 2 aliphatic heterocycles. The van der Waals surface area contributed by atoms with Crippen LogP contribution in [0.1, 0.15) is 34.7 Å². The molecule has 0 aliphatic carbocycles. The van der Waals surface area contributed by atoms with E-state index in [0.717, 1.165) is 45.5 Å². The molecule has 6 nitrogen and oxygen atoms in total. The van der Waals surface area contributed by atoms with E-state index in [9.17, 15) is 4.39 Å². The number of nitrogens with zero attached hydrogens (tertiary/aromatic N) is 3. The molecule has 0 bridgehead atoms. The lowest BCUT2D eigenvalue weighted by Crippen LogP contribution is -2.29. The number of ether oxygens (including phenoxy) is 2. The highest BCUT2D eigenvalue weighted by Crippen LogP contribution is 2.44. The minimum Gasteiger partial charge on any atom is -0.454 e. The van der Waals surface area contributed by atoms with Crippen LogP contribution in [-0.2, 0) is 0 Å². The van der Waals surface area contributed by atoms with E-state index in [2.05, 4.69) is 39.7 Å². The van der Waals surface area contributed by atoms with E-state index in [0.29, 0.717) is 5.11 Å². The predicted molar refractivity (Wildman–Crippen MR) is 136 cm³/mol. The Hall–Kier alpha value is -3.91. The van der Waals surface area contributed by atoms with Crippen LogP contribution in [0.15, 0.2) is 72.9 Å². The Morgan fingerprint density at radius 1 is 0.971 bits per heavy atom. The molecule has 2 aromatic heterocycles. The fourth-order valence-electron chi connectivity index (χ4n) is 5.06. The Morgan fingerprint density at radius 3 is 2.51 bits per heavy atom. The molecule has 4 heterocycles. The van der Waals surface area contributed by atoms with Crippen LogP contribution in [0.5, 0.6) is 11.5 Å². The number of rotatable bonds is 4. The average molecular weight is 487 g/mol. The van der Waals surface area contributed by atoms with Gasteiger partial charge in [-0.25, -0.2) is 4.39 Å². The van der Waals surface area contributed by atoms with E-state index in [1.54, 1.807) is 18.3 Å². The molecule has 4 aromatic rings. The van der Waals surface area contributed by atoms with E-state index in [1.165, 1.54) is 12.1 Å². The van der Waals surface area contributed by atoms with Gasteiger partial charge in [0, 0.05) is 35.0 Å². The third-order valence-corrected chi connectivity index (χ3v) is 6.92. The summed E-state index contributed by atoms with van der Waals surface area (Å²) >= 11 is 5.80. The summed E-state index contributed by atoms with van der Waals surface area (Å²) in [5, 5.41) is 4.04. The van der Waals surface area contributed by atoms with Crippen molar-refractivity contribution in [2.24, 2.45) is 0 Å². The van der Waals surface area contributed by atoms with Crippen molar-refractivity contribution in [2.75, 3.05) is 11.7 Å². The zero-order chi connectivity index (χ0) is 24.1. The van der Waals surface area contributed by atoms with E-state index < -0.39 is 0 Å². The van der Waals surface area contributed by atoms with Gasteiger partial charge in [0.15, 0.2) is 16.6 Å². The predicted octanol–water partition coefficient (Wildman–Crippen LogP) is 5.53. The third kappa shape index (κ3) is 3.61. The maximum atomic E-state index is 13.7. The average Bonchev–Trinajstić information content (AvgIpc) is 3.55. The van der Waals surface area contributed by atoms with Gasteiger partial charge in [0.25, 0.3) is 0 Å². The van der Waals surface area contributed by atoms with Gasteiger partial charge < -0.3 is 24.3 Å². The number of benzene rings is 2. The molecule has 0 amide bonds. The van der Waals surface area contributed by atoms with Gasteiger partial charge in [0.1, 0.15) is 5.82 Å². The number of halogens is 1. The number of hydrogen-bond donors (Lipinski definition) is 1. The van der Waals surface area contributed by atoms with E-state index in [-0.39, 0.29) is 24.7 Å². The van der Waals surface area contributed by atoms with Crippen molar-refractivity contribution in [1.29, 1.82) is 0 Å². The van der Waals surface area contributed by atoms with Crippen LogP contribution in [-0.4, -0.2) is 21.5 Å². The summed E-state index contributed by atoms with van der Waals surface area (Å²) in [6.07, 6.45) is 1.79. The molecular weight excluding hydrogens is 463 g/mol. The molecule has 1 fully saturated rings. The van der Waals surface area contributed by atoms with Crippen LogP contribution in [0, 0.1) is 19.7 Å². The molecule has 6 rings (SSSR count). The first-order valence-electron chi connectivity index (χ1n) is 11.4. The molecule has 2 aromatic carbocycles. The standard InChI is InChI=1S/C27H23FN4O2S/c1-16-13-21(17(2)31(16)20-10-11-23-24(14-20)34-15-33-23)26-25(22-5-3-4-12-29-22)30-27(35)32(26)19-8-6-18(28)7-9-19/h3-14,25-26H,15H2,1-2H3,(H,30,35)/t25-,26+/m0/s1. The number of thiocarbonyl (C=S) groups is 1. The molecule has 0 unspecified atom stereocenters. The van der Waals surface area contributed by atoms with Gasteiger partial charge >= 0.3 is 0 Å². The Labute approximate surface area is 207 Å². The van der Waals surface area contributed by atoms with Crippen LogP contribution in [0.4, 0.5) is 10.1 Å². The summed E-state index contributed by atoms with van der Waals surface area (Å²) in [6.45, 7) is 4.42. The summed E-state index contributed by atoms with van der Waals surface area (Å²) in [6, 6.07) is 20.1. The van der Waals surface area contributed by atoms with Crippen molar-refractivity contribution in [2.45, 2.75) is 25.9 Å². The quantitative estimate of drug-likeness (QED) is 0.383. The highest BCUT2D eigenvalue weighted by Gasteiger charge is 2.42. The van der Waals surface area contributed by atoms with Crippen molar-refractivity contribution in [3.05, 3.63) is 101 Å². The first kappa shape index (κ1) is 21.6. The monoisotopic (exact) mass is 486 g/mol. The summed E-state index contributed by atoms with van der Waals surface area (Å²) in [5.74, 6) is 1.20. The van der Waals surface area contributed by atoms with E-state index >= 15 is 0 Å². The fourth-order valence-corrected chi connectivity index (χ4v) is 5.41. The second-order valence-corrected chi connectivity index (χ2v) is 9.06. The molecule has 0 saturated carbocycles. The number of nitrogens with one attached hydrogen (secondary N) is 1. The van der Waals surface area contributed by atoms with Crippen LogP contribution < -0.4 is 19.7 Å². The maximum Gasteiger partial charge on any atom is 0.231 e. The van der Waals surface area contributed by atoms with Crippen molar-refractivity contribution < 1.29 is 13.9 Å². The molecule has 176 valence electrons. The van der Waals surface area contributed by atoms with Gasteiger partial charge in [-0.05, 0) is 86.2 Å². The number of aromatic nitrogens is 2. The topological polar surface area (TPSA) is 51.6 Å². The number of anilines is 1. The normalized spacial score (nSPS) is 18.7. The highest BCUT2D eigenvalue weighted by atomic mass is 32.1. The largest absolute Gasteiger partial charge is 0.454 e. The minimum atomic E-state index is -0.286. The lowest BCUT2D eigenvalue weighted by atomic mass is 9.96. The van der Waals surface area contributed by atoms with E-state index in [4.69, 9.17) is 21.7 Å². The lowest BCUT2D eigenvalue weighted by molar-refractivity contribution is 0.174. The third-order valence-electron chi connectivity index (χ3n) is 6.61. The number of fused-ring (bicyclic) bond motifs is 1. The van der Waals surface area contributed by atoms with Crippen LogP contribution in [0.2, 0.25) is 0 Å². The molecular formula is C27H23FN4O2S. The fraction of sp³-hybridized carbons (Fsp3) is 0.185. The molecule has 35 heavy (non-hydrogen) atoms. The molecule has 1 saturated heterocycles. The molecule has 2 atom stereocenters. The lowest BCUT2D eigenvalue weighted by Gasteiger charge is -2.28. The first-order valence-corrected chi connectivity index (χ1v) is 11.8. The van der Waals surface area contributed by atoms with Gasteiger partial charge in [-0.15, -0.1) is 0 Å². The van der Waals surface area contributed by atoms with Crippen molar-refractivity contribution >= 4 is 23.0 Å². The van der Waals surface area contributed by atoms with Crippen molar-refractivity contribution in [3.8, 4) is 17.2 Å². The zero-order valence-electron chi connectivity index (χ0n) is 19.2. The van der Waals surface area contributed by atoms with Gasteiger partial charge in [-0.3, -0.25) is 4.98 Å². The van der Waals surface area contributed by atoms with Crippen molar-refractivity contribution in [1.82, 2.24) is 14.9 Å².